The first-order valence-corrected chi connectivity index (χ1v) is 15.6. The number of fused-ring (bicyclic) bond motifs is 5. The molecule has 1 aromatic heterocycles. The average molecular weight is 569 g/mol. The number of allylic oxidation sites excluding steroid dienone is 6. The van der Waals surface area contributed by atoms with Crippen LogP contribution in [0.3, 0.4) is 0 Å². The highest BCUT2D eigenvalue weighted by Crippen LogP contribution is 2.47. The summed E-state index contributed by atoms with van der Waals surface area (Å²) in [6.45, 7) is 12.1. The van der Waals surface area contributed by atoms with Gasteiger partial charge in [-0.2, -0.15) is 0 Å². The molecule has 1 heteroatoms. The van der Waals surface area contributed by atoms with Crippen LogP contribution in [0.1, 0.15) is 25.0 Å². The highest BCUT2D eigenvalue weighted by Gasteiger charge is 2.19. The molecule has 0 atom stereocenters. The lowest BCUT2D eigenvalue weighted by atomic mass is 9.85. The average Bonchev–Trinajstić information content (AvgIpc) is 3.42. The fraction of sp³-hybridized carbons (Fsp3) is 0.0476. The molecule has 0 N–H and O–H groups in total. The van der Waals surface area contributed by atoms with E-state index in [1.54, 1.807) is 0 Å². The molecule has 6 aromatic carbocycles. The van der Waals surface area contributed by atoms with Gasteiger partial charge in [-0.1, -0.05) is 128 Å². The number of benzene rings is 6. The molecule has 0 nitrogen and oxygen atoms in total. The monoisotopic (exact) mass is 568 g/mol. The molecule has 0 aliphatic carbocycles. The lowest BCUT2D eigenvalue weighted by Gasteiger charge is -2.18. The maximum atomic E-state index is 4.01. The standard InChI is InChI=1S/C42H32S/c1-5-27(6-2)29-17-21-31(22-18-29)41-34-14-9-10-15-35(34)42(32-23-19-30(20-24-32)28(7-3)8-4)38-26-40-36(25-37(38)41)33-13-11-12-16-39(33)43-40/h5-26H,1,3H2,2,4H3/b27-6+,28-8+. The summed E-state index contributed by atoms with van der Waals surface area (Å²) in [5.41, 5.74) is 9.63. The molecule has 0 fully saturated rings. The van der Waals surface area contributed by atoms with Crippen LogP contribution in [-0.4, -0.2) is 0 Å². The van der Waals surface area contributed by atoms with Crippen molar-refractivity contribution < 1.29 is 0 Å². The number of hydrogen-bond donors (Lipinski definition) is 0. The topological polar surface area (TPSA) is 0 Å². The van der Waals surface area contributed by atoms with E-state index in [1.807, 2.05) is 23.5 Å². The molecule has 206 valence electrons. The molecule has 43 heavy (non-hydrogen) atoms. The van der Waals surface area contributed by atoms with Crippen LogP contribution in [0.5, 0.6) is 0 Å². The van der Waals surface area contributed by atoms with Gasteiger partial charge in [0.1, 0.15) is 0 Å². The molecular weight excluding hydrogens is 537 g/mol. The van der Waals surface area contributed by atoms with E-state index >= 15 is 0 Å². The molecule has 0 saturated carbocycles. The molecule has 1 heterocycles. The molecule has 0 unspecified atom stereocenters. The fourth-order valence-electron chi connectivity index (χ4n) is 6.48. The van der Waals surface area contributed by atoms with Crippen molar-refractivity contribution in [3.8, 4) is 22.3 Å². The van der Waals surface area contributed by atoms with Crippen molar-refractivity contribution in [1.29, 1.82) is 0 Å². The SMILES string of the molecule is C=C/C(=C\C)c1ccc(-c2c3ccccc3c(-c3ccc(/C(C=C)=C/C)cc3)c3cc4c(cc23)sc2ccccc24)cc1. The van der Waals surface area contributed by atoms with Gasteiger partial charge in [0.2, 0.25) is 0 Å². The van der Waals surface area contributed by atoms with Crippen molar-refractivity contribution >= 4 is 64.2 Å². The van der Waals surface area contributed by atoms with Crippen LogP contribution in [0.2, 0.25) is 0 Å². The Hall–Kier alpha value is -4.98. The second-order valence-electron chi connectivity index (χ2n) is 10.8. The Morgan fingerprint density at radius 3 is 1.44 bits per heavy atom. The molecule has 0 saturated heterocycles. The van der Waals surface area contributed by atoms with Gasteiger partial charge in [0, 0.05) is 20.2 Å². The van der Waals surface area contributed by atoms with E-state index in [4.69, 9.17) is 0 Å². The summed E-state index contributed by atoms with van der Waals surface area (Å²) in [6, 6.07) is 40.5. The Morgan fingerprint density at radius 2 is 0.953 bits per heavy atom. The van der Waals surface area contributed by atoms with Gasteiger partial charge in [0.15, 0.2) is 0 Å². The Bertz CT molecular complexity index is 2250. The molecule has 0 bridgehead atoms. The smallest absolute Gasteiger partial charge is 0.0362 e. The van der Waals surface area contributed by atoms with Crippen LogP contribution in [0, 0.1) is 0 Å². The summed E-state index contributed by atoms with van der Waals surface area (Å²) in [4.78, 5) is 0. The van der Waals surface area contributed by atoms with Crippen molar-refractivity contribution in [1.82, 2.24) is 0 Å². The van der Waals surface area contributed by atoms with Crippen LogP contribution in [0.4, 0.5) is 0 Å². The Kier molecular flexibility index (Phi) is 6.89. The first kappa shape index (κ1) is 26.9. The Labute approximate surface area is 257 Å². The first-order chi connectivity index (χ1) is 21.1. The van der Waals surface area contributed by atoms with Gasteiger partial charge in [-0.3, -0.25) is 0 Å². The first-order valence-electron chi connectivity index (χ1n) is 14.7. The van der Waals surface area contributed by atoms with Crippen LogP contribution in [-0.2, 0) is 0 Å². The molecular formula is C42H32S. The molecule has 0 amide bonds. The van der Waals surface area contributed by atoms with E-state index in [1.165, 1.54) is 75.1 Å². The van der Waals surface area contributed by atoms with E-state index < -0.39 is 0 Å². The fourth-order valence-corrected chi connectivity index (χ4v) is 7.61. The summed E-state index contributed by atoms with van der Waals surface area (Å²) >= 11 is 1.88. The minimum atomic E-state index is 1.14. The lowest BCUT2D eigenvalue weighted by molar-refractivity contribution is 1.58. The van der Waals surface area contributed by atoms with Crippen molar-refractivity contribution in [3.63, 3.8) is 0 Å². The molecule has 7 rings (SSSR count). The maximum absolute atomic E-state index is 4.01. The second kappa shape index (κ2) is 11.0. The zero-order chi connectivity index (χ0) is 29.5. The molecule has 0 aliphatic heterocycles. The molecule has 0 aliphatic rings. The third-order valence-electron chi connectivity index (χ3n) is 8.60. The molecule has 0 spiro atoms. The van der Waals surface area contributed by atoms with Crippen molar-refractivity contribution in [2.24, 2.45) is 0 Å². The minimum Gasteiger partial charge on any atom is -0.135 e. The highest BCUT2D eigenvalue weighted by molar-refractivity contribution is 7.25. The van der Waals surface area contributed by atoms with Crippen LogP contribution >= 0.6 is 11.3 Å². The summed E-state index contributed by atoms with van der Waals surface area (Å²) < 4.78 is 2.63. The summed E-state index contributed by atoms with van der Waals surface area (Å²) in [6.07, 6.45) is 8.07. The minimum absolute atomic E-state index is 1.14. The van der Waals surface area contributed by atoms with E-state index in [0.717, 1.165) is 11.1 Å². The van der Waals surface area contributed by atoms with E-state index in [0.29, 0.717) is 0 Å². The molecule has 0 radical (unpaired) electrons. The van der Waals surface area contributed by atoms with Crippen LogP contribution in [0.25, 0.3) is 75.1 Å². The summed E-state index contributed by atoms with van der Waals surface area (Å²) in [5.74, 6) is 0. The van der Waals surface area contributed by atoms with Crippen molar-refractivity contribution in [2.75, 3.05) is 0 Å². The van der Waals surface area contributed by atoms with Crippen LogP contribution in [0.15, 0.2) is 147 Å². The third kappa shape index (κ3) is 4.45. The summed E-state index contributed by atoms with van der Waals surface area (Å²) in [5, 5.41) is 7.70. The van der Waals surface area contributed by atoms with E-state index in [-0.39, 0.29) is 0 Å². The Balaban J connectivity index is 1.59. The van der Waals surface area contributed by atoms with E-state index in [2.05, 4.69) is 148 Å². The van der Waals surface area contributed by atoms with E-state index in [9.17, 15) is 0 Å². The van der Waals surface area contributed by atoms with Gasteiger partial charge >= 0.3 is 0 Å². The zero-order valence-corrected chi connectivity index (χ0v) is 25.3. The number of thiophene rings is 1. The van der Waals surface area contributed by atoms with Crippen LogP contribution < -0.4 is 0 Å². The predicted octanol–water partition coefficient (Wildman–Crippen LogP) is 12.9. The van der Waals surface area contributed by atoms with Gasteiger partial charge < -0.3 is 0 Å². The largest absolute Gasteiger partial charge is 0.135 e. The normalized spacial score (nSPS) is 12.4. The quantitative estimate of drug-likeness (QED) is 0.138. The number of rotatable bonds is 6. The van der Waals surface area contributed by atoms with Gasteiger partial charge in [-0.15, -0.1) is 11.3 Å². The third-order valence-corrected chi connectivity index (χ3v) is 9.73. The van der Waals surface area contributed by atoms with Crippen molar-refractivity contribution in [3.05, 3.63) is 158 Å². The van der Waals surface area contributed by atoms with Gasteiger partial charge in [0.25, 0.3) is 0 Å². The highest BCUT2D eigenvalue weighted by atomic mass is 32.1. The lowest BCUT2D eigenvalue weighted by Crippen LogP contribution is -1.92. The Morgan fingerprint density at radius 1 is 0.488 bits per heavy atom. The van der Waals surface area contributed by atoms with Gasteiger partial charge in [0.05, 0.1) is 0 Å². The van der Waals surface area contributed by atoms with Crippen molar-refractivity contribution in [2.45, 2.75) is 13.8 Å². The van der Waals surface area contributed by atoms with Gasteiger partial charge in [-0.05, 0) is 98.1 Å². The maximum Gasteiger partial charge on any atom is 0.0362 e. The number of hydrogen-bond acceptors (Lipinski definition) is 1. The summed E-state index contributed by atoms with van der Waals surface area (Å²) in [7, 11) is 0. The predicted molar refractivity (Wildman–Crippen MR) is 193 cm³/mol. The second-order valence-corrected chi connectivity index (χ2v) is 11.9. The van der Waals surface area contributed by atoms with Gasteiger partial charge in [-0.25, -0.2) is 0 Å². The zero-order valence-electron chi connectivity index (χ0n) is 24.5. The molecule has 7 aromatic rings.